The minimum atomic E-state index is 0.530. The fourth-order valence-corrected chi connectivity index (χ4v) is 1.81. The molecule has 0 fully saturated rings. The predicted octanol–water partition coefficient (Wildman–Crippen LogP) is 1.44. The number of hydrogen-bond donors (Lipinski definition) is 2. The summed E-state index contributed by atoms with van der Waals surface area (Å²) in [4.78, 5) is 0. The van der Waals surface area contributed by atoms with Crippen LogP contribution in [0.4, 0.5) is 0 Å². The molecule has 2 aliphatic heterocycles. The number of nitrogens with one attached hydrogen (secondary N) is 2. The maximum Gasteiger partial charge on any atom is 0.158 e. The minimum absolute atomic E-state index is 0.530. The molecule has 82 valence electrons. The van der Waals surface area contributed by atoms with Crippen molar-refractivity contribution in [2.75, 3.05) is 13.5 Å². The second-order valence-corrected chi connectivity index (χ2v) is 3.55. The Morgan fingerprint density at radius 1 is 0.812 bits per heavy atom. The highest BCUT2D eigenvalue weighted by molar-refractivity contribution is 5.75. The molecule has 0 radical (unpaired) electrons. The Bertz CT molecular complexity index is 423. The lowest BCUT2D eigenvalue weighted by Crippen LogP contribution is -1.99. The van der Waals surface area contributed by atoms with Crippen molar-refractivity contribution < 1.29 is 9.47 Å². The quantitative estimate of drug-likeness (QED) is 0.785. The van der Waals surface area contributed by atoms with Gasteiger partial charge in [0.05, 0.1) is 0 Å². The highest BCUT2D eigenvalue weighted by Crippen LogP contribution is 2.28. The van der Waals surface area contributed by atoms with Crippen LogP contribution in [0, 0.1) is 0 Å². The first-order valence-electron chi connectivity index (χ1n) is 5.17. The van der Waals surface area contributed by atoms with Crippen LogP contribution in [-0.2, 0) is 9.47 Å². The first kappa shape index (κ1) is 9.15. The smallest absolute Gasteiger partial charge is 0.158 e. The van der Waals surface area contributed by atoms with Gasteiger partial charge in [-0.15, -0.1) is 0 Å². The zero-order valence-electron chi connectivity index (χ0n) is 8.69. The van der Waals surface area contributed by atoms with Gasteiger partial charge in [-0.1, -0.05) is 24.3 Å². The Kier molecular flexibility index (Phi) is 2.18. The summed E-state index contributed by atoms with van der Waals surface area (Å²) in [5.74, 6) is 1.71. The molecule has 16 heavy (non-hydrogen) atoms. The summed E-state index contributed by atoms with van der Waals surface area (Å²) in [5, 5.41) is 6.06. The molecule has 1 aromatic carbocycles. The molecule has 0 spiro atoms. The number of ether oxygens (including phenoxy) is 2. The molecule has 0 amide bonds. The van der Waals surface area contributed by atoms with Crippen LogP contribution < -0.4 is 10.6 Å². The minimum Gasteiger partial charge on any atom is -0.471 e. The molecule has 0 saturated heterocycles. The van der Waals surface area contributed by atoms with E-state index in [0.29, 0.717) is 13.5 Å². The van der Waals surface area contributed by atoms with Gasteiger partial charge in [-0.05, 0) is 0 Å². The average Bonchev–Trinajstić information content (AvgIpc) is 3.03. The van der Waals surface area contributed by atoms with Gasteiger partial charge in [-0.25, -0.2) is 0 Å². The third-order valence-electron chi connectivity index (χ3n) is 2.55. The molecule has 4 nitrogen and oxygen atoms in total. The summed E-state index contributed by atoms with van der Waals surface area (Å²) in [6, 6.07) is 8.03. The fourth-order valence-electron chi connectivity index (χ4n) is 1.81. The van der Waals surface area contributed by atoms with Crippen molar-refractivity contribution in [1.82, 2.24) is 10.6 Å². The second kappa shape index (κ2) is 3.81. The van der Waals surface area contributed by atoms with Crippen LogP contribution in [0.25, 0.3) is 11.5 Å². The predicted molar refractivity (Wildman–Crippen MR) is 60.6 cm³/mol. The maximum atomic E-state index is 5.49. The number of benzene rings is 1. The van der Waals surface area contributed by atoms with Crippen LogP contribution in [-0.4, -0.2) is 13.5 Å². The van der Waals surface area contributed by atoms with E-state index < -0.39 is 0 Å². The third-order valence-corrected chi connectivity index (χ3v) is 2.55. The molecule has 0 bridgehead atoms. The molecular weight excluding hydrogens is 204 g/mol. The fraction of sp³-hybridized carbons (Fsp3) is 0.167. The van der Waals surface area contributed by atoms with E-state index in [0.717, 1.165) is 22.6 Å². The van der Waals surface area contributed by atoms with E-state index in [2.05, 4.69) is 10.6 Å². The van der Waals surface area contributed by atoms with Crippen molar-refractivity contribution in [2.45, 2.75) is 0 Å². The Morgan fingerprint density at radius 3 is 1.69 bits per heavy atom. The molecule has 0 aliphatic carbocycles. The summed E-state index contributed by atoms with van der Waals surface area (Å²) >= 11 is 0. The first-order valence-corrected chi connectivity index (χ1v) is 5.17. The zero-order valence-corrected chi connectivity index (χ0v) is 8.69. The zero-order chi connectivity index (χ0) is 10.8. The summed E-state index contributed by atoms with van der Waals surface area (Å²) < 4.78 is 11.0. The van der Waals surface area contributed by atoms with Gasteiger partial charge in [0.1, 0.15) is 11.5 Å². The Balaban J connectivity index is 2.03. The topological polar surface area (TPSA) is 42.5 Å². The molecule has 2 aliphatic rings. The highest BCUT2D eigenvalue weighted by atomic mass is 16.5. The van der Waals surface area contributed by atoms with Crippen LogP contribution in [0.1, 0.15) is 11.1 Å². The maximum absolute atomic E-state index is 5.49. The molecule has 0 unspecified atom stereocenters. The number of hydrogen-bond acceptors (Lipinski definition) is 4. The summed E-state index contributed by atoms with van der Waals surface area (Å²) in [6.07, 6.45) is 3.75. The van der Waals surface area contributed by atoms with E-state index in [1.807, 2.05) is 36.7 Å². The van der Waals surface area contributed by atoms with Crippen molar-refractivity contribution in [3.63, 3.8) is 0 Å². The largest absolute Gasteiger partial charge is 0.471 e. The Hall–Kier alpha value is -2.10. The SMILES string of the molecule is C1=C(c2ccccc2C2=CNCO2)OCN1. The molecular formula is C12H12N2O2. The van der Waals surface area contributed by atoms with E-state index in [1.165, 1.54) is 0 Å². The molecule has 2 N–H and O–H groups in total. The highest BCUT2D eigenvalue weighted by Gasteiger charge is 2.17. The van der Waals surface area contributed by atoms with Crippen molar-refractivity contribution in [3.05, 3.63) is 47.8 Å². The van der Waals surface area contributed by atoms with Gasteiger partial charge in [-0.2, -0.15) is 0 Å². The lowest BCUT2D eigenvalue weighted by atomic mass is 10.0. The summed E-state index contributed by atoms with van der Waals surface area (Å²) in [5.41, 5.74) is 2.09. The van der Waals surface area contributed by atoms with E-state index in [-0.39, 0.29) is 0 Å². The van der Waals surface area contributed by atoms with Gasteiger partial charge >= 0.3 is 0 Å². The Morgan fingerprint density at radius 2 is 1.31 bits per heavy atom. The van der Waals surface area contributed by atoms with Gasteiger partial charge in [0.25, 0.3) is 0 Å². The van der Waals surface area contributed by atoms with E-state index in [1.54, 1.807) is 0 Å². The van der Waals surface area contributed by atoms with Gasteiger partial charge in [0, 0.05) is 23.5 Å². The summed E-state index contributed by atoms with van der Waals surface area (Å²) in [6.45, 7) is 1.06. The van der Waals surface area contributed by atoms with Crippen LogP contribution in [0.3, 0.4) is 0 Å². The molecule has 1 aromatic rings. The Labute approximate surface area is 93.6 Å². The van der Waals surface area contributed by atoms with Crippen LogP contribution >= 0.6 is 0 Å². The van der Waals surface area contributed by atoms with Gasteiger partial charge in [-0.3, -0.25) is 0 Å². The molecule has 3 rings (SSSR count). The number of rotatable bonds is 2. The normalized spacial score (nSPS) is 17.8. The van der Waals surface area contributed by atoms with Crippen LogP contribution in [0.2, 0.25) is 0 Å². The van der Waals surface area contributed by atoms with Crippen LogP contribution in [0.15, 0.2) is 36.7 Å². The lowest BCUT2D eigenvalue weighted by molar-refractivity contribution is 0.286. The molecule has 0 aromatic heterocycles. The van der Waals surface area contributed by atoms with Crippen molar-refractivity contribution >= 4 is 11.5 Å². The third kappa shape index (κ3) is 1.48. The van der Waals surface area contributed by atoms with Crippen molar-refractivity contribution in [2.24, 2.45) is 0 Å². The van der Waals surface area contributed by atoms with Crippen molar-refractivity contribution in [1.29, 1.82) is 0 Å². The van der Waals surface area contributed by atoms with E-state index in [4.69, 9.17) is 9.47 Å². The second-order valence-electron chi connectivity index (χ2n) is 3.55. The van der Waals surface area contributed by atoms with Gasteiger partial charge in [0.15, 0.2) is 13.5 Å². The first-order chi connectivity index (χ1) is 7.95. The molecule has 2 heterocycles. The average molecular weight is 216 g/mol. The van der Waals surface area contributed by atoms with Crippen LogP contribution in [0.5, 0.6) is 0 Å². The van der Waals surface area contributed by atoms with E-state index in [9.17, 15) is 0 Å². The molecule has 0 saturated carbocycles. The lowest BCUT2D eigenvalue weighted by Gasteiger charge is -2.09. The summed E-state index contributed by atoms with van der Waals surface area (Å²) in [7, 11) is 0. The monoisotopic (exact) mass is 216 g/mol. The standard InChI is InChI=1S/C12H12N2O2/c1-2-4-10(12-6-14-8-16-12)9(3-1)11-5-13-7-15-11/h1-6,13-14H,7-8H2. The van der Waals surface area contributed by atoms with Gasteiger partial charge < -0.3 is 20.1 Å². The van der Waals surface area contributed by atoms with Crippen molar-refractivity contribution in [3.8, 4) is 0 Å². The molecule has 4 heteroatoms. The van der Waals surface area contributed by atoms with Gasteiger partial charge in [0.2, 0.25) is 0 Å². The molecule has 0 atom stereocenters. The van der Waals surface area contributed by atoms with E-state index >= 15 is 0 Å².